The first-order valence-electron chi connectivity index (χ1n) is 6.13. The lowest BCUT2D eigenvalue weighted by Crippen LogP contribution is -2.36. The molecule has 0 saturated carbocycles. The molecule has 0 aromatic carbocycles. The Kier molecular flexibility index (Phi) is 3.92. The molecule has 1 saturated heterocycles. The highest BCUT2D eigenvalue weighted by Crippen LogP contribution is 2.08. The van der Waals surface area contributed by atoms with Crippen LogP contribution in [0.5, 0.6) is 0 Å². The minimum atomic E-state index is 0.0165. The van der Waals surface area contributed by atoms with Crippen molar-refractivity contribution in [3.8, 4) is 0 Å². The summed E-state index contributed by atoms with van der Waals surface area (Å²) < 4.78 is 0. The van der Waals surface area contributed by atoms with Crippen molar-refractivity contribution in [2.24, 2.45) is 0 Å². The number of carbonyl (C=O) groups excluding carboxylic acids is 2. The summed E-state index contributed by atoms with van der Waals surface area (Å²) in [5.74, 6) is 0.0935. The summed E-state index contributed by atoms with van der Waals surface area (Å²) in [4.78, 5) is 31.0. The maximum Gasteiger partial charge on any atom is 0.254 e. The topological polar surface area (TPSA) is 53.5 Å². The molecule has 0 radical (unpaired) electrons. The highest BCUT2D eigenvalue weighted by atomic mass is 16.2. The first-order chi connectivity index (χ1) is 8.68. The molecule has 1 aliphatic rings. The third-order valence-corrected chi connectivity index (χ3v) is 3.16. The van der Waals surface area contributed by atoms with E-state index in [1.807, 2.05) is 0 Å². The van der Waals surface area contributed by atoms with Crippen molar-refractivity contribution in [1.82, 2.24) is 14.8 Å². The van der Waals surface area contributed by atoms with Gasteiger partial charge in [0.1, 0.15) is 0 Å². The third kappa shape index (κ3) is 2.85. The van der Waals surface area contributed by atoms with Crippen molar-refractivity contribution in [3.05, 3.63) is 30.1 Å². The number of pyridine rings is 1. The van der Waals surface area contributed by atoms with Gasteiger partial charge in [-0.05, 0) is 18.6 Å². The number of aromatic nitrogens is 1. The summed E-state index contributed by atoms with van der Waals surface area (Å²) in [5, 5.41) is 0. The lowest BCUT2D eigenvalue weighted by Gasteiger charge is -2.21. The first-order valence-corrected chi connectivity index (χ1v) is 6.13. The molecule has 5 nitrogen and oxygen atoms in total. The average Bonchev–Trinajstić information content (AvgIpc) is 2.64. The molecule has 0 aliphatic carbocycles. The van der Waals surface area contributed by atoms with Gasteiger partial charge in [-0.3, -0.25) is 14.6 Å². The second-order valence-electron chi connectivity index (χ2n) is 4.39. The predicted octanol–water partition coefficient (Wildman–Crippen LogP) is 0.776. The highest BCUT2D eigenvalue weighted by molar-refractivity contribution is 5.94. The van der Waals surface area contributed by atoms with Crippen molar-refractivity contribution in [2.75, 3.05) is 26.2 Å². The molecular weight excluding hydrogens is 230 g/mol. The number of amides is 2. The maximum atomic E-state index is 12.2. The fourth-order valence-corrected chi connectivity index (χ4v) is 2.11. The first kappa shape index (κ1) is 12.5. The van der Waals surface area contributed by atoms with Gasteiger partial charge in [0.25, 0.3) is 5.91 Å². The summed E-state index contributed by atoms with van der Waals surface area (Å²) in [5.41, 5.74) is 0.654. The van der Waals surface area contributed by atoms with Gasteiger partial charge in [-0.2, -0.15) is 0 Å². The molecule has 0 atom stereocenters. The van der Waals surface area contributed by atoms with Crippen molar-refractivity contribution in [1.29, 1.82) is 0 Å². The standard InChI is InChI=1S/C13H17N3O2/c1-11(17)15-7-2-8-16(10-9-15)13(18)12-3-5-14-6-4-12/h3-6H,2,7-10H2,1H3. The van der Waals surface area contributed by atoms with E-state index in [0.29, 0.717) is 25.2 Å². The quantitative estimate of drug-likeness (QED) is 0.736. The van der Waals surface area contributed by atoms with Crippen LogP contribution >= 0.6 is 0 Å². The smallest absolute Gasteiger partial charge is 0.254 e. The zero-order valence-electron chi connectivity index (χ0n) is 10.5. The fraction of sp³-hybridized carbons (Fsp3) is 0.462. The van der Waals surface area contributed by atoms with Gasteiger partial charge in [-0.15, -0.1) is 0 Å². The lowest BCUT2D eigenvalue weighted by atomic mass is 10.2. The molecule has 1 aliphatic heterocycles. The highest BCUT2D eigenvalue weighted by Gasteiger charge is 2.20. The number of carbonyl (C=O) groups is 2. The van der Waals surface area contributed by atoms with Gasteiger partial charge in [-0.25, -0.2) is 0 Å². The molecule has 0 N–H and O–H groups in total. The predicted molar refractivity (Wildman–Crippen MR) is 67.0 cm³/mol. The van der Waals surface area contributed by atoms with Crippen LogP contribution in [0, 0.1) is 0 Å². The molecule has 2 amide bonds. The van der Waals surface area contributed by atoms with Crippen molar-refractivity contribution in [2.45, 2.75) is 13.3 Å². The molecular formula is C13H17N3O2. The summed E-state index contributed by atoms with van der Waals surface area (Å²) in [6.07, 6.45) is 4.07. The van der Waals surface area contributed by atoms with Crippen LogP contribution < -0.4 is 0 Å². The summed E-state index contributed by atoms with van der Waals surface area (Å²) >= 11 is 0. The Morgan fingerprint density at radius 3 is 2.33 bits per heavy atom. The van der Waals surface area contributed by atoms with E-state index in [2.05, 4.69) is 4.98 Å². The minimum absolute atomic E-state index is 0.0165. The summed E-state index contributed by atoms with van der Waals surface area (Å²) in [6, 6.07) is 3.44. The van der Waals surface area contributed by atoms with Crippen LogP contribution in [-0.4, -0.2) is 52.8 Å². The van der Waals surface area contributed by atoms with Crippen molar-refractivity contribution >= 4 is 11.8 Å². The van der Waals surface area contributed by atoms with E-state index in [-0.39, 0.29) is 11.8 Å². The second kappa shape index (κ2) is 5.62. The molecule has 18 heavy (non-hydrogen) atoms. The van der Waals surface area contributed by atoms with Gasteiger partial charge in [0.05, 0.1) is 0 Å². The number of hydrogen-bond acceptors (Lipinski definition) is 3. The molecule has 1 fully saturated rings. The molecule has 5 heteroatoms. The molecule has 96 valence electrons. The molecule has 0 bridgehead atoms. The van der Waals surface area contributed by atoms with Gasteiger partial charge in [-0.1, -0.05) is 0 Å². The van der Waals surface area contributed by atoms with E-state index in [4.69, 9.17) is 0 Å². The SMILES string of the molecule is CC(=O)N1CCCN(C(=O)c2ccncc2)CC1. The Bertz CT molecular complexity index is 433. The van der Waals surface area contributed by atoms with E-state index >= 15 is 0 Å². The van der Waals surface area contributed by atoms with Crippen LogP contribution in [0.4, 0.5) is 0 Å². The van der Waals surface area contributed by atoms with Gasteiger partial charge in [0, 0.05) is 51.1 Å². The number of nitrogens with zero attached hydrogens (tertiary/aromatic N) is 3. The van der Waals surface area contributed by atoms with Crippen molar-refractivity contribution in [3.63, 3.8) is 0 Å². The maximum absolute atomic E-state index is 12.2. The Labute approximate surface area is 106 Å². The van der Waals surface area contributed by atoms with E-state index < -0.39 is 0 Å². The second-order valence-corrected chi connectivity index (χ2v) is 4.39. The van der Waals surface area contributed by atoms with Gasteiger partial charge in [0.15, 0.2) is 0 Å². The van der Waals surface area contributed by atoms with Crippen LogP contribution in [0.3, 0.4) is 0 Å². The Balaban J connectivity index is 2.02. The average molecular weight is 247 g/mol. The van der Waals surface area contributed by atoms with Crippen molar-refractivity contribution < 1.29 is 9.59 Å². The van der Waals surface area contributed by atoms with E-state index in [9.17, 15) is 9.59 Å². The third-order valence-electron chi connectivity index (χ3n) is 3.16. The van der Waals surface area contributed by atoms with Crippen LogP contribution in [0.25, 0.3) is 0 Å². The molecule has 2 heterocycles. The van der Waals surface area contributed by atoms with E-state index in [0.717, 1.165) is 13.0 Å². The molecule has 2 rings (SSSR count). The molecule has 1 aromatic heterocycles. The summed E-state index contributed by atoms with van der Waals surface area (Å²) in [7, 11) is 0. The van der Waals surface area contributed by atoms with Gasteiger partial charge >= 0.3 is 0 Å². The lowest BCUT2D eigenvalue weighted by molar-refractivity contribution is -0.128. The number of rotatable bonds is 1. The largest absolute Gasteiger partial charge is 0.341 e. The molecule has 0 spiro atoms. The zero-order chi connectivity index (χ0) is 13.0. The Morgan fingerprint density at radius 1 is 1.06 bits per heavy atom. The van der Waals surface area contributed by atoms with Crippen LogP contribution in [0.2, 0.25) is 0 Å². The number of hydrogen-bond donors (Lipinski definition) is 0. The zero-order valence-corrected chi connectivity index (χ0v) is 10.5. The van der Waals surface area contributed by atoms with E-state index in [1.54, 1.807) is 41.2 Å². The van der Waals surface area contributed by atoms with Gasteiger partial charge < -0.3 is 9.80 Å². The summed E-state index contributed by atoms with van der Waals surface area (Å²) in [6.45, 7) is 4.22. The van der Waals surface area contributed by atoms with Gasteiger partial charge in [0.2, 0.25) is 5.91 Å². The van der Waals surface area contributed by atoms with Crippen LogP contribution in [-0.2, 0) is 4.79 Å². The molecule has 0 unspecified atom stereocenters. The monoisotopic (exact) mass is 247 g/mol. The van der Waals surface area contributed by atoms with Crippen LogP contribution in [0.1, 0.15) is 23.7 Å². The van der Waals surface area contributed by atoms with Crippen LogP contribution in [0.15, 0.2) is 24.5 Å². The minimum Gasteiger partial charge on any atom is -0.341 e. The Morgan fingerprint density at radius 2 is 1.67 bits per heavy atom. The fourth-order valence-electron chi connectivity index (χ4n) is 2.11. The molecule has 1 aromatic rings. The van der Waals surface area contributed by atoms with E-state index in [1.165, 1.54) is 0 Å². The normalized spacial score (nSPS) is 16.3. The Hall–Kier alpha value is -1.91.